The van der Waals surface area contributed by atoms with Crippen molar-refractivity contribution in [2.75, 3.05) is 0 Å². The molecule has 2 aromatic heterocycles. The summed E-state index contributed by atoms with van der Waals surface area (Å²) >= 11 is 0. The van der Waals surface area contributed by atoms with Gasteiger partial charge in [-0.3, -0.25) is 4.57 Å². The maximum Gasteiger partial charge on any atom is 0.209 e. The van der Waals surface area contributed by atoms with Crippen LogP contribution in [0, 0.1) is 0 Å². The lowest BCUT2D eigenvalue weighted by atomic mass is 9.94. The Balaban J connectivity index is 0.985. The monoisotopic (exact) mass is 790 g/mol. The fourth-order valence-corrected chi connectivity index (χ4v) is 9.93. The van der Waals surface area contributed by atoms with E-state index in [1.807, 2.05) is 0 Å². The van der Waals surface area contributed by atoms with Gasteiger partial charge in [0.25, 0.3) is 0 Å². The number of hydrogen-bond acceptors (Lipinski definition) is 2. The number of aromatic nitrogens is 2. The lowest BCUT2D eigenvalue weighted by Crippen LogP contribution is -2.36. The molecule has 0 saturated heterocycles. The smallest absolute Gasteiger partial charge is 0.209 e. The van der Waals surface area contributed by atoms with Gasteiger partial charge in [-0.1, -0.05) is 158 Å². The Bertz CT molecular complexity index is 3780. The second-order valence-electron chi connectivity index (χ2n) is 16.5. The number of aliphatic imine (C=N–C) groups is 1. The van der Waals surface area contributed by atoms with Gasteiger partial charge in [0.05, 0.1) is 33.8 Å². The molecule has 0 fully saturated rings. The average molecular weight is 791 g/mol. The van der Waals surface area contributed by atoms with Crippen molar-refractivity contribution < 1.29 is 0 Å². The summed E-state index contributed by atoms with van der Waals surface area (Å²) in [5.41, 5.74) is 13.8. The molecule has 0 spiro atoms. The fourth-order valence-electron chi connectivity index (χ4n) is 9.93. The molecule has 1 unspecified atom stereocenters. The van der Waals surface area contributed by atoms with Gasteiger partial charge in [-0.2, -0.15) is 0 Å². The highest BCUT2D eigenvalue weighted by atomic mass is 15.2. The van der Waals surface area contributed by atoms with Crippen LogP contribution in [0.3, 0.4) is 0 Å². The van der Waals surface area contributed by atoms with Crippen molar-refractivity contribution in [2.45, 2.75) is 6.04 Å². The Kier molecular flexibility index (Phi) is 7.63. The standard InChI is InChI=1S/C58H38N4/c1-2-12-37(13-3-1)39-24-28-46(29-25-39)61-53-21-11-9-18-47(53)50-34-43(27-31-54(50)61)44-26-30-48-51-33-41-16-6-7-17-42(41)35-56(51)62(55(48)36-44)58-59-52-20-10-8-19-49(52)57(60-58)45-23-22-38-14-4-5-15-40(38)32-45/h1-36,57H,(H,59,60). The first kappa shape index (κ1) is 34.6. The van der Waals surface area contributed by atoms with Gasteiger partial charge in [0.15, 0.2) is 0 Å². The molecular formula is C58H38N4. The Morgan fingerprint density at radius 2 is 0.952 bits per heavy atom. The lowest BCUT2D eigenvalue weighted by molar-refractivity contribution is 0.732. The van der Waals surface area contributed by atoms with E-state index in [4.69, 9.17) is 4.99 Å². The van der Waals surface area contributed by atoms with Gasteiger partial charge in [0, 0.05) is 32.8 Å². The first-order valence-corrected chi connectivity index (χ1v) is 21.3. The molecule has 0 bridgehead atoms. The predicted molar refractivity (Wildman–Crippen MR) is 260 cm³/mol. The van der Waals surface area contributed by atoms with E-state index >= 15 is 0 Å². The van der Waals surface area contributed by atoms with Crippen LogP contribution in [0.5, 0.6) is 0 Å². The quantitative estimate of drug-likeness (QED) is 0.189. The third kappa shape index (κ3) is 5.43. The minimum absolute atomic E-state index is 0.0892. The Hall–Kier alpha value is -8.21. The third-order valence-corrected chi connectivity index (χ3v) is 12.9. The van der Waals surface area contributed by atoms with Crippen LogP contribution in [0.2, 0.25) is 0 Å². The minimum Gasteiger partial charge on any atom is -0.344 e. The number of fused-ring (bicyclic) bond motifs is 9. The van der Waals surface area contributed by atoms with E-state index in [0.29, 0.717) is 0 Å². The van der Waals surface area contributed by atoms with Crippen LogP contribution in [0.25, 0.3) is 93.1 Å². The molecule has 3 heterocycles. The molecular weight excluding hydrogens is 753 g/mol. The Morgan fingerprint density at radius 3 is 1.81 bits per heavy atom. The molecule has 0 aliphatic carbocycles. The second-order valence-corrected chi connectivity index (χ2v) is 16.5. The van der Waals surface area contributed by atoms with Gasteiger partial charge in [-0.05, 0) is 110 Å². The minimum atomic E-state index is -0.0892. The molecule has 12 aromatic rings. The second kappa shape index (κ2) is 13.7. The summed E-state index contributed by atoms with van der Waals surface area (Å²) in [7, 11) is 0. The Labute approximate surface area is 358 Å². The summed E-state index contributed by atoms with van der Waals surface area (Å²) in [5.74, 6) is 0.811. The SMILES string of the molecule is c1ccc(-c2ccc(-n3c4ccccc4c4cc(-c5ccc6c7cc8ccccc8cc7n(C7=Nc8ccccc8C(c8ccc9ccccc9c8)N7)c6c5)ccc43)cc2)cc1. The number of benzene rings is 10. The van der Waals surface area contributed by atoms with Crippen LogP contribution in [-0.2, 0) is 0 Å². The van der Waals surface area contributed by atoms with Crippen LogP contribution >= 0.6 is 0 Å². The maximum atomic E-state index is 5.40. The number of nitrogens with one attached hydrogen (secondary N) is 1. The molecule has 1 N–H and O–H groups in total. The number of para-hydroxylation sites is 2. The van der Waals surface area contributed by atoms with Crippen LogP contribution in [0.1, 0.15) is 17.2 Å². The molecule has 290 valence electrons. The molecule has 4 nitrogen and oxygen atoms in total. The highest BCUT2D eigenvalue weighted by molar-refractivity contribution is 6.18. The summed E-state index contributed by atoms with van der Waals surface area (Å²) in [6, 6.07) is 79.3. The van der Waals surface area contributed by atoms with E-state index in [2.05, 4.69) is 233 Å². The zero-order valence-electron chi connectivity index (χ0n) is 33.7. The van der Waals surface area contributed by atoms with Crippen molar-refractivity contribution in [1.82, 2.24) is 14.5 Å². The molecule has 0 amide bonds. The predicted octanol–water partition coefficient (Wildman–Crippen LogP) is 14.8. The molecule has 13 rings (SSSR count). The molecule has 1 aliphatic heterocycles. The topological polar surface area (TPSA) is 34.2 Å². The molecule has 62 heavy (non-hydrogen) atoms. The van der Waals surface area contributed by atoms with Crippen LogP contribution in [0.15, 0.2) is 223 Å². The fraction of sp³-hybridized carbons (Fsp3) is 0.0172. The molecule has 0 saturated carbocycles. The maximum absolute atomic E-state index is 5.40. The lowest BCUT2D eigenvalue weighted by Gasteiger charge is -2.28. The first-order chi connectivity index (χ1) is 30.7. The van der Waals surface area contributed by atoms with Crippen molar-refractivity contribution in [3.05, 3.63) is 230 Å². The zero-order valence-corrected chi connectivity index (χ0v) is 33.7. The van der Waals surface area contributed by atoms with Gasteiger partial charge >= 0.3 is 0 Å². The number of nitrogens with zero attached hydrogens (tertiary/aromatic N) is 3. The van der Waals surface area contributed by atoms with E-state index < -0.39 is 0 Å². The van der Waals surface area contributed by atoms with Crippen molar-refractivity contribution in [3.8, 4) is 27.9 Å². The first-order valence-electron chi connectivity index (χ1n) is 21.3. The highest BCUT2D eigenvalue weighted by Gasteiger charge is 2.27. The largest absolute Gasteiger partial charge is 0.344 e. The number of hydrogen-bond donors (Lipinski definition) is 1. The highest BCUT2D eigenvalue weighted by Crippen LogP contribution is 2.41. The van der Waals surface area contributed by atoms with Crippen molar-refractivity contribution in [2.24, 2.45) is 4.99 Å². The van der Waals surface area contributed by atoms with Crippen molar-refractivity contribution in [3.63, 3.8) is 0 Å². The normalized spacial score (nSPS) is 13.9. The van der Waals surface area contributed by atoms with Gasteiger partial charge in [0.1, 0.15) is 0 Å². The molecule has 1 atom stereocenters. The molecule has 4 heteroatoms. The number of rotatable bonds is 4. The van der Waals surface area contributed by atoms with E-state index in [9.17, 15) is 0 Å². The van der Waals surface area contributed by atoms with Gasteiger partial charge in [-0.25, -0.2) is 4.99 Å². The van der Waals surface area contributed by atoms with Gasteiger partial charge in [0.2, 0.25) is 5.96 Å². The van der Waals surface area contributed by atoms with Gasteiger partial charge in [-0.15, -0.1) is 0 Å². The summed E-state index contributed by atoms with van der Waals surface area (Å²) < 4.78 is 4.75. The third-order valence-electron chi connectivity index (χ3n) is 12.9. The van der Waals surface area contributed by atoms with E-state index in [1.54, 1.807) is 0 Å². The summed E-state index contributed by atoms with van der Waals surface area (Å²) in [5, 5.41) is 13.7. The van der Waals surface area contributed by atoms with E-state index in [0.717, 1.165) is 39.5 Å². The molecule has 1 aliphatic rings. The molecule has 0 radical (unpaired) electrons. The van der Waals surface area contributed by atoms with Crippen LogP contribution < -0.4 is 5.32 Å². The van der Waals surface area contributed by atoms with Crippen LogP contribution in [0.4, 0.5) is 5.69 Å². The summed E-state index contributed by atoms with van der Waals surface area (Å²) in [6.07, 6.45) is 0. The average Bonchev–Trinajstić information content (AvgIpc) is 3.84. The van der Waals surface area contributed by atoms with Crippen molar-refractivity contribution >= 4 is 76.8 Å². The van der Waals surface area contributed by atoms with Crippen LogP contribution in [-0.4, -0.2) is 15.1 Å². The Morgan fingerprint density at radius 1 is 0.355 bits per heavy atom. The zero-order chi connectivity index (χ0) is 40.7. The summed E-state index contributed by atoms with van der Waals surface area (Å²) in [4.78, 5) is 5.40. The van der Waals surface area contributed by atoms with E-state index in [-0.39, 0.29) is 6.04 Å². The van der Waals surface area contributed by atoms with Gasteiger partial charge < -0.3 is 9.88 Å². The molecule has 10 aromatic carbocycles. The van der Waals surface area contributed by atoms with Crippen molar-refractivity contribution in [1.29, 1.82) is 0 Å². The van der Waals surface area contributed by atoms with E-state index in [1.165, 1.54) is 76.4 Å². The summed E-state index contributed by atoms with van der Waals surface area (Å²) in [6.45, 7) is 0.